The maximum absolute atomic E-state index is 12.8. The first-order chi connectivity index (χ1) is 15.1. The third-order valence-corrected chi connectivity index (χ3v) is 6.61. The van der Waals surface area contributed by atoms with Crippen molar-refractivity contribution in [2.45, 2.75) is 19.5 Å². The Hall–Kier alpha value is -2.90. The van der Waals surface area contributed by atoms with Gasteiger partial charge in [-0.3, -0.25) is 9.69 Å². The van der Waals surface area contributed by atoms with Gasteiger partial charge in [0.05, 0.1) is 7.11 Å². The number of methoxy groups -OCH3 is 1. The minimum atomic E-state index is -0.242. The lowest BCUT2D eigenvalue weighted by atomic mass is 9.89. The molecule has 0 saturated carbocycles. The van der Waals surface area contributed by atoms with Gasteiger partial charge in [-0.25, -0.2) is 0 Å². The van der Waals surface area contributed by atoms with Gasteiger partial charge in [-0.2, -0.15) is 0 Å². The molecule has 7 nitrogen and oxygen atoms in total. The summed E-state index contributed by atoms with van der Waals surface area (Å²) in [6, 6.07) is 15.3. The summed E-state index contributed by atoms with van der Waals surface area (Å²) < 4.78 is 7.15. The molecule has 1 amide bonds. The fourth-order valence-corrected chi connectivity index (χ4v) is 4.84. The number of halogens is 1. The number of anilines is 1. The summed E-state index contributed by atoms with van der Waals surface area (Å²) in [5, 5.41) is 12.2. The Bertz CT molecular complexity index is 1100. The van der Waals surface area contributed by atoms with Gasteiger partial charge in [0.15, 0.2) is 0 Å². The first-order valence-electron chi connectivity index (χ1n) is 10.4. The van der Waals surface area contributed by atoms with Crippen molar-refractivity contribution in [3.63, 3.8) is 0 Å². The standard InChI is InChI=1S/C23H24ClN5O2/c1-31-19-8-6-18(7-9-19)25-23(30)22-27-26-21-10-16-12-28(13-17(16)14-29(21)22)11-15-4-2-3-5-20(15)24/h2-9,16-17H,10-14H2,1H3,(H,25,30). The van der Waals surface area contributed by atoms with Crippen LogP contribution in [0, 0.1) is 11.8 Å². The molecule has 2 atom stereocenters. The van der Waals surface area contributed by atoms with E-state index >= 15 is 0 Å². The second kappa shape index (κ2) is 8.32. The molecule has 160 valence electrons. The highest BCUT2D eigenvalue weighted by atomic mass is 35.5. The number of carbonyl (C=O) groups excluding carboxylic acids is 1. The van der Waals surface area contributed by atoms with E-state index in [0.29, 0.717) is 23.3 Å². The molecule has 0 spiro atoms. The molecule has 31 heavy (non-hydrogen) atoms. The summed E-state index contributed by atoms with van der Waals surface area (Å²) in [7, 11) is 1.61. The van der Waals surface area contributed by atoms with Crippen molar-refractivity contribution < 1.29 is 9.53 Å². The minimum absolute atomic E-state index is 0.242. The van der Waals surface area contributed by atoms with Crippen molar-refractivity contribution in [1.82, 2.24) is 19.7 Å². The van der Waals surface area contributed by atoms with Crippen LogP contribution in [-0.4, -0.2) is 45.8 Å². The van der Waals surface area contributed by atoms with Crippen molar-refractivity contribution in [3.05, 3.63) is 70.8 Å². The molecule has 3 aromatic rings. The molecule has 2 aromatic carbocycles. The van der Waals surface area contributed by atoms with Crippen LogP contribution >= 0.6 is 11.6 Å². The lowest BCUT2D eigenvalue weighted by Gasteiger charge is -2.25. The summed E-state index contributed by atoms with van der Waals surface area (Å²) in [4.78, 5) is 15.3. The van der Waals surface area contributed by atoms with E-state index < -0.39 is 0 Å². The smallest absolute Gasteiger partial charge is 0.293 e. The van der Waals surface area contributed by atoms with Crippen molar-refractivity contribution >= 4 is 23.2 Å². The van der Waals surface area contributed by atoms with Gasteiger partial charge in [-0.15, -0.1) is 10.2 Å². The van der Waals surface area contributed by atoms with Gasteiger partial charge in [0.25, 0.3) is 5.91 Å². The highest BCUT2D eigenvalue weighted by molar-refractivity contribution is 6.31. The number of nitrogens with zero attached hydrogens (tertiary/aromatic N) is 4. The molecule has 1 fully saturated rings. The molecule has 3 heterocycles. The number of ether oxygens (including phenoxy) is 1. The molecular weight excluding hydrogens is 414 g/mol. The van der Waals surface area contributed by atoms with Crippen LogP contribution in [0.5, 0.6) is 5.75 Å². The van der Waals surface area contributed by atoms with E-state index in [0.717, 1.165) is 54.8 Å². The van der Waals surface area contributed by atoms with E-state index in [1.54, 1.807) is 7.11 Å². The number of rotatable bonds is 5. The Morgan fingerprint density at radius 1 is 1.10 bits per heavy atom. The van der Waals surface area contributed by atoms with Crippen LogP contribution in [0.2, 0.25) is 5.02 Å². The van der Waals surface area contributed by atoms with E-state index in [9.17, 15) is 4.79 Å². The highest BCUT2D eigenvalue weighted by Crippen LogP contribution is 2.34. The van der Waals surface area contributed by atoms with E-state index in [1.165, 1.54) is 0 Å². The topological polar surface area (TPSA) is 72.3 Å². The molecule has 0 radical (unpaired) electrons. The van der Waals surface area contributed by atoms with Crippen molar-refractivity contribution in [2.75, 3.05) is 25.5 Å². The summed E-state index contributed by atoms with van der Waals surface area (Å²) in [6.07, 6.45) is 0.840. The Labute approximate surface area is 186 Å². The lowest BCUT2D eigenvalue weighted by Crippen LogP contribution is -2.31. The van der Waals surface area contributed by atoms with E-state index in [4.69, 9.17) is 16.3 Å². The molecule has 0 bridgehead atoms. The summed E-state index contributed by atoms with van der Waals surface area (Å²) >= 11 is 6.35. The number of amides is 1. The molecular formula is C23H24ClN5O2. The Balaban J connectivity index is 1.27. The van der Waals surface area contributed by atoms with Gasteiger partial charge in [-0.05, 0) is 47.7 Å². The summed E-state index contributed by atoms with van der Waals surface area (Å²) in [5.74, 6) is 2.75. The van der Waals surface area contributed by atoms with Gasteiger partial charge >= 0.3 is 0 Å². The monoisotopic (exact) mass is 437 g/mol. The SMILES string of the molecule is COc1ccc(NC(=O)c2nnc3n2CC2CN(Cc4ccccc4Cl)CC2C3)cc1. The molecule has 2 aliphatic heterocycles. The molecule has 1 aromatic heterocycles. The second-order valence-corrected chi connectivity index (χ2v) is 8.65. The van der Waals surface area contributed by atoms with Crippen molar-refractivity contribution in [3.8, 4) is 5.75 Å². The Kier molecular flexibility index (Phi) is 5.38. The minimum Gasteiger partial charge on any atom is -0.497 e. The van der Waals surface area contributed by atoms with Crippen molar-refractivity contribution in [1.29, 1.82) is 0 Å². The molecule has 1 saturated heterocycles. The predicted molar refractivity (Wildman–Crippen MR) is 118 cm³/mol. The number of fused-ring (bicyclic) bond motifs is 2. The number of nitrogens with one attached hydrogen (secondary N) is 1. The Morgan fingerprint density at radius 2 is 1.87 bits per heavy atom. The third-order valence-electron chi connectivity index (χ3n) is 6.24. The molecule has 0 aliphatic carbocycles. The van der Waals surface area contributed by atoms with Gasteiger partial charge in [-0.1, -0.05) is 29.8 Å². The van der Waals surface area contributed by atoms with Gasteiger partial charge in [0.2, 0.25) is 5.82 Å². The van der Waals surface area contributed by atoms with E-state index in [2.05, 4.69) is 26.5 Å². The van der Waals surface area contributed by atoms with Gasteiger partial charge < -0.3 is 14.6 Å². The van der Waals surface area contributed by atoms with Crippen LogP contribution < -0.4 is 10.1 Å². The second-order valence-electron chi connectivity index (χ2n) is 8.24. The highest BCUT2D eigenvalue weighted by Gasteiger charge is 2.39. The number of hydrogen-bond donors (Lipinski definition) is 1. The third kappa shape index (κ3) is 4.03. The zero-order valence-electron chi connectivity index (χ0n) is 17.3. The quantitative estimate of drug-likeness (QED) is 0.661. The number of benzene rings is 2. The predicted octanol–water partition coefficient (Wildman–Crippen LogP) is 3.50. The van der Waals surface area contributed by atoms with E-state index in [1.807, 2.05) is 47.0 Å². The van der Waals surface area contributed by atoms with Gasteiger partial charge in [0.1, 0.15) is 11.6 Å². The lowest BCUT2D eigenvalue weighted by molar-refractivity contribution is 0.100. The number of carbonyl (C=O) groups is 1. The van der Waals surface area contributed by atoms with Gasteiger partial charge in [0, 0.05) is 43.3 Å². The Morgan fingerprint density at radius 3 is 2.65 bits per heavy atom. The van der Waals surface area contributed by atoms with Crippen LogP contribution in [0.15, 0.2) is 48.5 Å². The molecule has 8 heteroatoms. The molecule has 5 rings (SSSR count). The van der Waals surface area contributed by atoms with E-state index in [-0.39, 0.29) is 5.91 Å². The maximum Gasteiger partial charge on any atom is 0.293 e. The van der Waals surface area contributed by atoms with Crippen LogP contribution in [0.1, 0.15) is 22.0 Å². The average molecular weight is 438 g/mol. The average Bonchev–Trinajstić information content (AvgIpc) is 3.37. The van der Waals surface area contributed by atoms with Crippen LogP contribution in [0.4, 0.5) is 5.69 Å². The largest absolute Gasteiger partial charge is 0.497 e. The molecule has 2 aliphatic rings. The fourth-order valence-electron chi connectivity index (χ4n) is 4.65. The van der Waals surface area contributed by atoms with Crippen LogP contribution in [0.25, 0.3) is 0 Å². The van der Waals surface area contributed by atoms with Crippen molar-refractivity contribution in [2.24, 2.45) is 11.8 Å². The summed E-state index contributed by atoms with van der Waals surface area (Å²) in [5.41, 5.74) is 1.85. The zero-order chi connectivity index (χ0) is 21.4. The van der Waals surface area contributed by atoms with Crippen LogP contribution in [-0.2, 0) is 19.5 Å². The fraction of sp³-hybridized carbons (Fsp3) is 0.348. The number of aromatic nitrogens is 3. The number of likely N-dealkylation sites (tertiary alicyclic amines) is 1. The first kappa shape index (κ1) is 20.0. The molecule has 2 unspecified atom stereocenters. The van der Waals surface area contributed by atoms with Crippen LogP contribution in [0.3, 0.4) is 0 Å². The number of hydrogen-bond acceptors (Lipinski definition) is 5. The zero-order valence-corrected chi connectivity index (χ0v) is 18.0. The maximum atomic E-state index is 12.8. The normalized spacial score (nSPS) is 20.2. The molecule has 1 N–H and O–H groups in total. The first-order valence-corrected chi connectivity index (χ1v) is 10.8. The summed E-state index contributed by atoms with van der Waals surface area (Å²) in [6.45, 7) is 3.60.